The van der Waals surface area contributed by atoms with Gasteiger partial charge >= 0.3 is 11.8 Å². The summed E-state index contributed by atoms with van der Waals surface area (Å²) in [5, 5.41) is 19.6. The van der Waals surface area contributed by atoms with Crippen LogP contribution in [0.2, 0.25) is 0 Å². The van der Waals surface area contributed by atoms with E-state index >= 15 is 0 Å². The molecular formula is C15H13N4O6S+. The molecule has 3 N–H and O–H groups in total. The highest BCUT2D eigenvalue weighted by Crippen LogP contribution is 2.20. The highest BCUT2D eigenvalue weighted by atomic mass is 32.2. The van der Waals surface area contributed by atoms with Gasteiger partial charge in [-0.2, -0.15) is 8.42 Å². The Labute approximate surface area is 147 Å². The predicted molar refractivity (Wildman–Crippen MR) is 86.3 cm³/mol. The van der Waals surface area contributed by atoms with E-state index in [2.05, 4.69) is 15.4 Å². The number of nitrogens with one attached hydrogen (secondary N) is 1. The Morgan fingerprint density at radius 1 is 1.19 bits per heavy atom. The molecule has 10 nitrogen and oxygen atoms in total. The summed E-state index contributed by atoms with van der Waals surface area (Å²) in [7, 11) is -4.27. The molecule has 0 radical (unpaired) electrons. The van der Waals surface area contributed by atoms with E-state index < -0.39 is 22.7 Å². The van der Waals surface area contributed by atoms with Gasteiger partial charge in [-0.3, -0.25) is 4.55 Å². The van der Waals surface area contributed by atoms with Crippen LogP contribution in [0.15, 0.2) is 53.4 Å². The van der Waals surface area contributed by atoms with Crippen molar-refractivity contribution in [3.63, 3.8) is 0 Å². The Bertz CT molecular complexity index is 1050. The van der Waals surface area contributed by atoms with Crippen LogP contribution in [0.25, 0.3) is 17.1 Å². The molecule has 0 aliphatic carbocycles. The number of carboxylic acid groups (broad SMARTS) is 1. The van der Waals surface area contributed by atoms with Gasteiger partial charge in [-0.15, -0.1) is 0 Å². The monoisotopic (exact) mass is 377 g/mol. The van der Waals surface area contributed by atoms with Crippen molar-refractivity contribution in [3.05, 3.63) is 48.5 Å². The van der Waals surface area contributed by atoms with Crippen molar-refractivity contribution >= 4 is 16.1 Å². The number of aromatic nitrogens is 4. The van der Waals surface area contributed by atoms with E-state index in [1.807, 2.05) is 0 Å². The summed E-state index contributed by atoms with van der Waals surface area (Å²) in [6.07, 6.45) is 0. The van der Waals surface area contributed by atoms with Crippen molar-refractivity contribution in [3.8, 4) is 22.8 Å². The molecule has 0 aliphatic rings. The highest BCUT2D eigenvalue weighted by Gasteiger charge is 2.17. The molecule has 0 spiro atoms. The largest absolute Gasteiger partial charge is 0.482 e. The molecule has 11 heteroatoms. The zero-order valence-electron chi connectivity index (χ0n) is 13.1. The van der Waals surface area contributed by atoms with Gasteiger partial charge in [0.15, 0.2) is 12.3 Å². The zero-order chi connectivity index (χ0) is 18.7. The predicted octanol–water partition coefficient (Wildman–Crippen LogP) is 0.459. The summed E-state index contributed by atoms with van der Waals surface area (Å²) >= 11 is 0. The molecule has 134 valence electrons. The Kier molecular flexibility index (Phi) is 4.65. The summed E-state index contributed by atoms with van der Waals surface area (Å²) in [5.41, 5.74) is 1.09. The molecule has 0 aliphatic heterocycles. The van der Waals surface area contributed by atoms with Gasteiger partial charge in [-0.25, -0.2) is 4.79 Å². The number of nitrogens with zero attached hydrogens (tertiary/aromatic N) is 3. The SMILES string of the molecule is O=C(O)COc1cccc(-c2n[nH][n+](-c3ccc(S(=O)(=O)O)cc3)n2)c1. The number of carbonyl (C=O) groups is 1. The third-order valence-electron chi connectivity index (χ3n) is 3.28. The maximum absolute atomic E-state index is 11.1. The number of H-pyrrole nitrogens is 1. The fourth-order valence-electron chi connectivity index (χ4n) is 2.10. The number of hydrogen-bond donors (Lipinski definition) is 3. The molecule has 0 amide bonds. The van der Waals surface area contributed by atoms with E-state index in [0.717, 1.165) is 0 Å². The molecule has 0 saturated carbocycles. The topological polar surface area (TPSA) is 146 Å². The van der Waals surface area contributed by atoms with Crippen molar-refractivity contribution in [1.29, 1.82) is 0 Å². The van der Waals surface area contributed by atoms with Gasteiger partial charge in [-0.05, 0) is 57.6 Å². The normalized spacial score (nSPS) is 11.3. The van der Waals surface area contributed by atoms with E-state index in [-0.39, 0.29) is 4.90 Å². The molecule has 26 heavy (non-hydrogen) atoms. The molecule has 0 bridgehead atoms. The number of ether oxygens (including phenoxy) is 1. The van der Waals surface area contributed by atoms with Gasteiger partial charge in [0.1, 0.15) is 5.75 Å². The smallest absolute Gasteiger partial charge is 0.341 e. The lowest BCUT2D eigenvalue weighted by Gasteiger charge is -2.02. The molecular weight excluding hydrogens is 364 g/mol. The van der Waals surface area contributed by atoms with E-state index in [4.69, 9.17) is 14.4 Å². The average Bonchev–Trinajstić information content (AvgIpc) is 3.10. The molecule has 0 fully saturated rings. The quantitative estimate of drug-likeness (QED) is 0.415. The van der Waals surface area contributed by atoms with Crippen LogP contribution in [-0.4, -0.2) is 46.1 Å². The van der Waals surface area contributed by atoms with E-state index in [1.54, 1.807) is 24.3 Å². The first-order chi connectivity index (χ1) is 12.3. The molecule has 1 aromatic heterocycles. The molecule has 3 aromatic rings. The number of benzene rings is 2. The van der Waals surface area contributed by atoms with Crippen LogP contribution in [-0.2, 0) is 14.9 Å². The van der Waals surface area contributed by atoms with E-state index in [0.29, 0.717) is 22.8 Å². The van der Waals surface area contributed by atoms with Gasteiger partial charge in [0, 0.05) is 0 Å². The van der Waals surface area contributed by atoms with Crippen molar-refractivity contribution in [2.45, 2.75) is 4.90 Å². The average molecular weight is 377 g/mol. The first-order valence-corrected chi connectivity index (χ1v) is 8.64. The summed E-state index contributed by atoms with van der Waals surface area (Å²) < 4.78 is 36.2. The third kappa shape index (κ3) is 4.02. The van der Waals surface area contributed by atoms with Crippen molar-refractivity contribution in [1.82, 2.24) is 15.4 Å². The van der Waals surface area contributed by atoms with Gasteiger partial charge < -0.3 is 9.84 Å². The lowest BCUT2D eigenvalue weighted by Crippen LogP contribution is -2.36. The van der Waals surface area contributed by atoms with E-state index in [9.17, 15) is 13.2 Å². The molecule has 0 atom stereocenters. The molecule has 2 aromatic carbocycles. The third-order valence-corrected chi connectivity index (χ3v) is 4.15. The van der Waals surface area contributed by atoms with Crippen LogP contribution in [0.4, 0.5) is 0 Å². The van der Waals surface area contributed by atoms with Crippen LogP contribution in [0.1, 0.15) is 0 Å². The van der Waals surface area contributed by atoms with Crippen molar-refractivity contribution in [2.24, 2.45) is 0 Å². The number of tetrazole rings is 1. The van der Waals surface area contributed by atoms with Crippen molar-refractivity contribution in [2.75, 3.05) is 6.61 Å². The summed E-state index contributed by atoms with van der Waals surface area (Å²) in [5.74, 6) is -0.400. The number of aromatic amines is 1. The molecule has 3 rings (SSSR count). The fraction of sp³-hybridized carbons (Fsp3) is 0.0667. The zero-order valence-corrected chi connectivity index (χ0v) is 13.9. The van der Waals surface area contributed by atoms with E-state index in [1.165, 1.54) is 29.1 Å². The van der Waals surface area contributed by atoms with Crippen LogP contribution in [0.5, 0.6) is 5.75 Å². The van der Waals surface area contributed by atoms with Crippen molar-refractivity contribution < 1.29 is 32.4 Å². The molecule has 0 unspecified atom stereocenters. The standard InChI is InChI=1S/C15H12N4O6S/c20-14(21)9-25-12-3-1-2-10(8-12)15-16-18-19(17-15)11-4-6-13(7-5-11)26(22,23)24/h1-8H,9H2,(H2,20,21,22,23,24)/p+1. The maximum atomic E-state index is 11.1. The maximum Gasteiger partial charge on any atom is 0.341 e. The molecule has 1 heterocycles. The lowest BCUT2D eigenvalue weighted by molar-refractivity contribution is -0.716. The second-order valence-corrected chi connectivity index (χ2v) is 6.55. The molecule has 0 saturated heterocycles. The lowest BCUT2D eigenvalue weighted by atomic mass is 10.2. The minimum atomic E-state index is -4.27. The van der Waals surface area contributed by atoms with Gasteiger partial charge in [0.2, 0.25) is 0 Å². The number of aliphatic carboxylic acids is 1. The van der Waals surface area contributed by atoms with Gasteiger partial charge in [0.25, 0.3) is 10.1 Å². The Morgan fingerprint density at radius 2 is 1.92 bits per heavy atom. The van der Waals surface area contributed by atoms with Crippen LogP contribution in [0, 0.1) is 0 Å². The minimum absolute atomic E-state index is 0.232. The summed E-state index contributed by atoms with van der Waals surface area (Å²) in [4.78, 5) is 11.6. The van der Waals surface area contributed by atoms with Crippen LogP contribution < -0.4 is 9.53 Å². The first-order valence-electron chi connectivity index (χ1n) is 7.20. The second kappa shape index (κ2) is 6.90. The second-order valence-electron chi connectivity index (χ2n) is 5.13. The Balaban J connectivity index is 1.84. The highest BCUT2D eigenvalue weighted by molar-refractivity contribution is 7.85. The number of carboxylic acids is 1. The number of hydrogen-bond acceptors (Lipinski definition) is 6. The Hall–Kier alpha value is -3.31. The summed E-state index contributed by atoms with van der Waals surface area (Å²) in [6.45, 7) is -0.461. The minimum Gasteiger partial charge on any atom is -0.482 e. The number of rotatable bonds is 6. The summed E-state index contributed by atoms with van der Waals surface area (Å²) in [6, 6.07) is 12.0. The Morgan fingerprint density at radius 3 is 2.58 bits per heavy atom. The van der Waals surface area contributed by atoms with Gasteiger partial charge in [0.05, 0.1) is 15.6 Å². The first kappa shape index (κ1) is 17.5. The van der Waals surface area contributed by atoms with Crippen LogP contribution >= 0.6 is 0 Å². The fourth-order valence-corrected chi connectivity index (χ4v) is 2.58. The van der Waals surface area contributed by atoms with Gasteiger partial charge in [-0.1, -0.05) is 6.07 Å². The van der Waals surface area contributed by atoms with Crippen LogP contribution in [0.3, 0.4) is 0 Å².